The van der Waals surface area contributed by atoms with Crippen molar-refractivity contribution in [3.8, 4) is 11.5 Å². The number of carbonyl (C=O) groups is 1. The van der Waals surface area contributed by atoms with Gasteiger partial charge in [-0.05, 0) is 48.7 Å². The van der Waals surface area contributed by atoms with Crippen LogP contribution in [0.15, 0.2) is 53.3 Å². The summed E-state index contributed by atoms with van der Waals surface area (Å²) in [5, 5.41) is 14.4. The van der Waals surface area contributed by atoms with E-state index >= 15 is 0 Å². The minimum atomic E-state index is -0.567. The van der Waals surface area contributed by atoms with Gasteiger partial charge in [0.15, 0.2) is 0 Å². The Morgan fingerprint density at radius 2 is 1.89 bits per heavy atom. The predicted molar refractivity (Wildman–Crippen MR) is 111 cm³/mol. The van der Waals surface area contributed by atoms with E-state index in [-0.39, 0.29) is 6.03 Å². The van der Waals surface area contributed by atoms with Crippen LogP contribution >= 0.6 is 23.2 Å². The largest absolute Gasteiger partial charge is 0.423 e. The van der Waals surface area contributed by atoms with Crippen LogP contribution in [-0.2, 0) is 5.54 Å². The summed E-state index contributed by atoms with van der Waals surface area (Å²) in [6.45, 7) is 4.03. The lowest BCUT2D eigenvalue weighted by Gasteiger charge is -2.34. The third-order valence-electron chi connectivity index (χ3n) is 4.76. The number of amides is 2. The van der Waals surface area contributed by atoms with Crippen molar-refractivity contribution in [1.82, 2.24) is 15.5 Å². The molecule has 0 spiro atoms. The quantitative estimate of drug-likeness (QED) is 0.523. The highest BCUT2D eigenvalue weighted by Gasteiger charge is 2.31. The smallest absolute Gasteiger partial charge is 0.319 e. The van der Waals surface area contributed by atoms with Gasteiger partial charge in [-0.1, -0.05) is 49.2 Å². The van der Waals surface area contributed by atoms with E-state index in [4.69, 9.17) is 27.6 Å². The van der Waals surface area contributed by atoms with Crippen LogP contribution in [0.5, 0.6) is 0 Å². The minimum Gasteiger partial charge on any atom is -0.423 e. The molecule has 2 aromatic carbocycles. The van der Waals surface area contributed by atoms with Crippen molar-refractivity contribution >= 4 is 34.9 Å². The Bertz CT molecular complexity index is 957. The lowest BCUT2D eigenvalue weighted by atomic mass is 9.85. The van der Waals surface area contributed by atoms with Gasteiger partial charge in [0.25, 0.3) is 0 Å². The zero-order valence-corrected chi connectivity index (χ0v) is 17.0. The second kappa shape index (κ2) is 8.63. The fourth-order valence-electron chi connectivity index (χ4n) is 3.11. The highest BCUT2D eigenvalue weighted by Crippen LogP contribution is 2.33. The Labute approximate surface area is 173 Å². The van der Waals surface area contributed by atoms with E-state index in [1.54, 1.807) is 30.3 Å². The first kappa shape index (κ1) is 20.2. The monoisotopic (exact) mass is 418 g/mol. The Kier molecular flexibility index (Phi) is 6.21. The molecule has 0 aliphatic rings. The number of halogens is 2. The maximum atomic E-state index is 12.7. The first-order chi connectivity index (χ1) is 13.5. The van der Waals surface area contributed by atoms with Crippen LogP contribution in [-0.4, -0.2) is 16.2 Å². The highest BCUT2D eigenvalue weighted by atomic mass is 35.5. The SMILES string of the molecule is CCC(CC)(NC(=O)Nc1cccc(-c2nnco2)c1)c1ccc(Cl)c(Cl)c1. The van der Waals surface area contributed by atoms with Crippen molar-refractivity contribution in [1.29, 1.82) is 0 Å². The maximum Gasteiger partial charge on any atom is 0.319 e. The molecule has 0 fully saturated rings. The zero-order chi connectivity index (χ0) is 20.1. The van der Waals surface area contributed by atoms with E-state index < -0.39 is 5.54 Å². The third-order valence-corrected chi connectivity index (χ3v) is 5.50. The molecule has 0 aliphatic carbocycles. The summed E-state index contributed by atoms with van der Waals surface area (Å²) in [5.74, 6) is 0.385. The number of aromatic nitrogens is 2. The van der Waals surface area contributed by atoms with Crippen molar-refractivity contribution in [2.75, 3.05) is 5.32 Å². The van der Waals surface area contributed by atoms with Gasteiger partial charge < -0.3 is 15.1 Å². The van der Waals surface area contributed by atoms with Crippen molar-refractivity contribution in [3.05, 3.63) is 64.5 Å². The van der Waals surface area contributed by atoms with E-state index in [1.807, 2.05) is 26.0 Å². The summed E-state index contributed by atoms with van der Waals surface area (Å²) in [7, 11) is 0. The van der Waals surface area contributed by atoms with Crippen LogP contribution in [0.1, 0.15) is 32.3 Å². The number of anilines is 1. The Morgan fingerprint density at radius 3 is 2.54 bits per heavy atom. The first-order valence-electron chi connectivity index (χ1n) is 8.88. The molecule has 146 valence electrons. The van der Waals surface area contributed by atoms with Gasteiger partial charge in [0, 0.05) is 11.3 Å². The third kappa shape index (κ3) is 4.29. The predicted octanol–water partition coefficient (Wildman–Crippen LogP) is 5.88. The van der Waals surface area contributed by atoms with Gasteiger partial charge in [0.1, 0.15) is 0 Å². The van der Waals surface area contributed by atoms with Gasteiger partial charge in [-0.25, -0.2) is 4.79 Å². The minimum absolute atomic E-state index is 0.322. The molecule has 3 rings (SSSR count). The maximum absolute atomic E-state index is 12.7. The van der Waals surface area contributed by atoms with Crippen LogP contribution < -0.4 is 10.6 Å². The molecule has 0 bridgehead atoms. The van der Waals surface area contributed by atoms with Gasteiger partial charge in [-0.3, -0.25) is 0 Å². The Morgan fingerprint density at radius 1 is 1.11 bits per heavy atom. The number of nitrogens with one attached hydrogen (secondary N) is 2. The van der Waals surface area contributed by atoms with Crippen LogP contribution in [0.4, 0.5) is 10.5 Å². The van der Waals surface area contributed by atoms with Gasteiger partial charge in [-0.15, -0.1) is 10.2 Å². The molecule has 2 N–H and O–H groups in total. The summed E-state index contributed by atoms with van der Waals surface area (Å²) in [6, 6.07) is 12.3. The number of urea groups is 1. The molecule has 1 heterocycles. The molecular weight excluding hydrogens is 399 g/mol. The summed E-state index contributed by atoms with van der Waals surface area (Å²) >= 11 is 12.2. The molecule has 2 amide bonds. The van der Waals surface area contributed by atoms with E-state index in [1.165, 1.54) is 6.39 Å². The van der Waals surface area contributed by atoms with Crippen molar-refractivity contribution < 1.29 is 9.21 Å². The topological polar surface area (TPSA) is 80.0 Å². The van der Waals surface area contributed by atoms with E-state index in [2.05, 4.69) is 20.8 Å². The number of hydrogen-bond acceptors (Lipinski definition) is 4. The average Bonchev–Trinajstić information content (AvgIpc) is 3.23. The second-order valence-electron chi connectivity index (χ2n) is 6.32. The summed E-state index contributed by atoms with van der Waals surface area (Å²) in [6.07, 6.45) is 2.64. The zero-order valence-electron chi connectivity index (χ0n) is 15.5. The molecule has 0 saturated carbocycles. The standard InChI is InChI=1S/C20H20Cl2N4O2/c1-3-20(4-2,14-8-9-16(21)17(22)11-14)25-19(27)24-15-7-5-6-13(10-15)18-26-23-12-28-18/h5-12H,3-4H2,1-2H3,(H2,24,25,27). The number of hydrogen-bond donors (Lipinski definition) is 2. The van der Waals surface area contributed by atoms with E-state index in [9.17, 15) is 4.79 Å². The van der Waals surface area contributed by atoms with Gasteiger partial charge in [0.2, 0.25) is 12.3 Å². The van der Waals surface area contributed by atoms with Crippen LogP contribution in [0, 0.1) is 0 Å². The van der Waals surface area contributed by atoms with Crippen molar-refractivity contribution in [2.24, 2.45) is 0 Å². The summed E-state index contributed by atoms with van der Waals surface area (Å²) < 4.78 is 5.20. The lowest BCUT2D eigenvalue weighted by Crippen LogP contribution is -2.47. The fourth-order valence-corrected chi connectivity index (χ4v) is 3.41. The molecule has 0 aliphatic heterocycles. The Hall–Kier alpha value is -2.57. The second-order valence-corrected chi connectivity index (χ2v) is 7.14. The van der Waals surface area contributed by atoms with Crippen LogP contribution in [0.2, 0.25) is 10.0 Å². The molecule has 0 saturated heterocycles. The van der Waals surface area contributed by atoms with Crippen molar-refractivity contribution in [3.63, 3.8) is 0 Å². The molecule has 0 radical (unpaired) electrons. The molecule has 6 nitrogen and oxygen atoms in total. The van der Waals surface area contributed by atoms with Gasteiger partial charge in [0.05, 0.1) is 15.6 Å². The molecule has 0 atom stereocenters. The lowest BCUT2D eigenvalue weighted by molar-refractivity contribution is 0.232. The normalized spacial score (nSPS) is 11.3. The number of carbonyl (C=O) groups excluding carboxylic acids is 1. The van der Waals surface area contributed by atoms with E-state index in [0.29, 0.717) is 34.5 Å². The average molecular weight is 419 g/mol. The summed E-state index contributed by atoms with van der Waals surface area (Å²) in [5.41, 5.74) is 1.67. The summed E-state index contributed by atoms with van der Waals surface area (Å²) in [4.78, 5) is 12.7. The van der Waals surface area contributed by atoms with Gasteiger partial charge >= 0.3 is 6.03 Å². The fraction of sp³-hybridized carbons (Fsp3) is 0.250. The number of benzene rings is 2. The van der Waals surface area contributed by atoms with Crippen molar-refractivity contribution in [2.45, 2.75) is 32.2 Å². The van der Waals surface area contributed by atoms with E-state index in [0.717, 1.165) is 11.1 Å². The Balaban J connectivity index is 1.80. The number of rotatable bonds is 6. The first-order valence-corrected chi connectivity index (χ1v) is 9.64. The van der Waals surface area contributed by atoms with Crippen LogP contribution in [0.3, 0.4) is 0 Å². The van der Waals surface area contributed by atoms with Crippen LogP contribution in [0.25, 0.3) is 11.5 Å². The van der Waals surface area contributed by atoms with Gasteiger partial charge in [-0.2, -0.15) is 0 Å². The molecule has 3 aromatic rings. The molecule has 0 unspecified atom stereocenters. The molecule has 8 heteroatoms. The molecular formula is C20H20Cl2N4O2. The molecule has 28 heavy (non-hydrogen) atoms. The number of nitrogens with zero attached hydrogens (tertiary/aromatic N) is 2. The molecule has 1 aromatic heterocycles. The highest BCUT2D eigenvalue weighted by molar-refractivity contribution is 6.42.